The van der Waals surface area contributed by atoms with Crippen LogP contribution >= 0.6 is 0 Å². The van der Waals surface area contributed by atoms with Crippen LogP contribution in [-0.2, 0) is 9.63 Å². The highest BCUT2D eigenvalue weighted by Crippen LogP contribution is 2.22. The van der Waals surface area contributed by atoms with E-state index in [1.54, 1.807) is 0 Å². The SMILES string of the molecule is CO/N=C/c1ccc(O)cc1OCC(=O)O. The number of aliphatic carboxylic acids is 1. The number of phenols is 1. The van der Waals surface area contributed by atoms with Crippen molar-refractivity contribution in [2.24, 2.45) is 5.16 Å². The molecule has 0 bridgehead atoms. The highest BCUT2D eigenvalue weighted by Gasteiger charge is 2.05. The summed E-state index contributed by atoms with van der Waals surface area (Å²) >= 11 is 0. The summed E-state index contributed by atoms with van der Waals surface area (Å²) in [5.74, 6) is -0.892. The summed E-state index contributed by atoms with van der Waals surface area (Å²) in [6.45, 7) is -0.489. The number of aromatic hydroxyl groups is 1. The fourth-order valence-electron chi connectivity index (χ4n) is 1.00. The van der Waals surface area contributed by atoms with Gasteiger partial charge in [-0.3, -0.25) is 0 Å². The molecule has 0 spiro atoms. The third kappa shape index (κ3) is 3.49. The number of ether oxygens (including phenoxy) is 1. The minimum absolute atomic E-state index is 0.0186. The molecule has 0 aromatic heterocycles. The van der Waals surface area contributed by atoms with Crippen molar-refractivity contribution in [2.75, 3.05) is 13.7 Å². The second-order valence-electron chi connectivity index (χ2n) is 2.82. The first-order valence-electron chi connectivity index (χ1n) is 4.37. The van der Waals surface area contributed by atoms with E-state index in [2.05, 4.69) is 9.99 Å². The molecule has 1 rings (SSSR count). The number of rotatable bonds is 5. The lowest BCUT2D eigenvalue weighted by Gasteiger charge is -2.06. The number of phenolic OH excluding ortho intramolecular Hbond substituents is 1. The molecule has 0 saturated carbocycles. The van der Waals surface area contributed by atoms with E-state index in [9.17, 15) is 9.90 Å². The second-order valence-corrected chi connectivity index (χ2v) is 2.82. The van der Waals surface area contributed by atoms with Crippen LogP contribution in [0.3, 0.4) is 0 Å². The predicted molar refractivity (Wildman–Crippen MR) is 55.8 cm³/mol. The minimum Gasteiger partial charge on any atom is -0.508 e. The molecule has 0 heterocycles. The number of carboxylic acids is 1. The van der Waals surface area contributed by atoms with Gasteiger partial charge in [-0.25, -0.2) is 4.79 Å². The van der Waals surface area contributed by atoms with Crippen molar-refractivity contribution in [1.82, 2.24) is 0 Å². The van der Waals surface area contributed by atoms with E-state index in [4.69, 9.17) is 9.84 Å². The van der Waals surface area contributed by atoms with Crippen LogP contribution < -0.4 is 4.74 Å². The summed E-state index contributed by atoms with van der Waals surface area (Å²) in [4.78, 5) is 14.8. The average Bonchev–Trinajstić information content (AvgIpc) is 2.25. The Morgan fingerprint density at radius 1 is 1.56 bits per heavy atom. The van der Waals surface area contributed by atoms with Crippen molar-refractivity contribution >= 4 is 12.2 Å². The van der Waals surface area contributed by atoms with E-state index in [0.717, 1.165) is 0 Å². The van der Waals surface area contributed by atoms with Crippen LogP contribution in [0.1, 0.15) is 5.56 Å². The predicted octanol–water partition coefficient (Wildman–Crippen LogP) is 0.836. The lowest BCUT2D eigenvalue weighted by Crippen LogP contribution is -2.10. The highest BCUT2D eigenvalue weighted by molar-refractivity contribution is 5.83. The molecule has 0 aliphatic rings. The molecule has 16 heavy (non-hydrogen) atoms. The topological polar surface area (TPSA) is 88.4 Å². The average molecular weight is 225 g/mol. The molecular weight excluding hydrogens is 214 g/mol. The highest BCUT2D eigenvalue weighted by atomic mass is 16.6. The van der Waals surface area contributed by atoms with Gasteiger partial charge in [0.25, 0.3) is 0 Å². The number of nitrogens with zero attached hydrogens (tertiary/aromatic N) is 1. The monoisotopic (exact) mass is 225 g/mol. The van der Waals surface area contributed by atoms with Gasteiger partial charge in [-0.15, -0.1) is 0 Å². The maximum Gasteiger partial charge on any atom is 0.341 e. The van der Waals surface area contributed by atoms with Crippen molar-refractivity contribution in [1.29, 1.82) is 0 Å². The Morgan fingerprint density at radius 2 is 2.31 bits per heavy atom. The van der Waals surface area contributed by atoms with Gasteiger partial charge in [-0.1, -0.05) is 5.16 Å². The molecule has 0 saturated heterocycles. The quantitative estimate of drug-likeness (QED) is 0.572. The molecule has 0 aliphatic carbocycles. The zero-order valence-corrected chi connectivity index (χ0v) is 8.58. The van der Waals surface area contributed by atoms with Crippen LogP contribution in [0.2, 0.25) is 0 Å². The molecule has 6 nitrogen and oxygen atoms in total. The van der Waals surface area contributed by atoms with Gasteiger partial charge in [-0.05, 0) is 12.1 Å². The summed E-state index contributed by atoms with van der Waals surface area (Å²) in [7, 11) is 1.38. The van der Waals surface area contributed by atoms with E-state index in [-0.39, 0.29) is 11.5 Å². The molecule has 0 unspecified atom stereocenters. The summed E-state index contributed by atoms with van der Waals surface area (Å²) in [5, 5.41) is 21.2. The van der Waals surface area contributed by atoms with Crippen LogP contribution in [0, 0.1) is 0 Å². The Balaban J connectivity index is 2.89. The van der Waals surface area contributed by atoms with Crippen LogP contribution in [0.4, 0.5) is 0 Å². The fourth-order valence-corrected chi connectivity index (χ4v) is 1.00. The molecule has 86 valence electrons. The Hall–Kier alpha value is -2.24. The number of carbonyl (C=O) groups is 1. The molecule has 0 radical (unpaired) electrons. The number of hydrogen-bond donors (Lipinski definition) is 2. The smallest absolute Gasteiger partial charge is 0.341 e. The van der Waals surface area contributed by atoms with E-state index in [1.807, 2.05) is 0 Å². The molecular formula is C10H11NO5. The molecule has 1 aromatic carbocycles. The number of hydrogen-bond acceptors (Lipinski definition) is 5. The molecule has 0 fully saturated rings. The van der Waals surface area contributed by atoms with Gasteiger partial charge in [0.15, 0.2) is 6.61 Å². The third-order valence-electron chi connectivity index (χ3n) is 1.65. The van der Waals surface area contributed by atoms with Crippen molar-refractivity contribution in [2.45, 2.75) is 0 Å². The maximum absolute atomic E-state index is 10.3. The van der Waals surface area contributed by atoms with E-state index >= 15 is 0 Å². The van der Waals surface area contributed by atoms with Gasteiger partial charge in [-0.2, -0.15) is 0 Å². The van der Waals surface area contributed by atoms with Gasteiger partial charge in [0.2, 0.25) is 0 Å². The van der Waals surface area contributed by atoms with Gasteiger partial charge in [0.1, 0.15) is 18.6 Å². The van der Waals surface area contributed by atoms with Crippen molar-refractivity contribution < 1.29 is 24.6 Å². The van der Waals surface area contributed by atoms with Gasteiger partial charge in [0, 0.05) is 11.6 Å². The summed E-state index contributed by atoms with van der Waals surface area (Å²) < 4.78 is 4.97. The molecule has 0 aliphatic heterocycles. The summed E-state index contributed by atoms with van der Waals surface area (Å²) in [5.41, 5.74) is 0.515. The molecule has 2 N–H and O–H groups in total. The normalized spacial score (nSPS) is 10.3. The van der Waals surface area contributed by atoms with Crippen molar-refractivity contribution in [3.63, 3.8) is 0 Å². The summed E-state index contributed by atoms with van der Waals surface area (Å²) in [6.07, 6.45) is 1.36. The summed E-state index contributed by atoms with van der Waals surface area (Å²) in [6, 6.07) is 4.28. The van der Waals surface area contributed by atoms with Crippen LogP contribution in [-0.4, -0.2) is 36.1 Å². The zero-order valence-electron chi connectivity index (χ0n) is 8.58. The van der Waals surface area contributed by atoms with Crippen molar-refractivity contribution in [3.8, 4) is 11.5 Å². The Kier molecular flexibility index (Phi) is 4.14. The first kappa shape index (κ1) is 11.8. The zero-order chi connectivity index (χ0) is 12.0. The number of oxime groups is 1. The molecule has 0 atom stereocenters. The Morgan fingerprint density at radius 3 is 2.94 bits per heavy atom. The second kappa shape index (κ2) is 5.59. The van der Waals surface area contributed by atoms with Crippen LogP contribution in [0.15, 0.2) is 23.4 Å². The van der Waals surface area contributed by atoms with Crippen LogP contribution in [0.5, 0.6) is 11.5 Å². The first-order chi connectivity index (χ1) is 7.63. The van der Waals surface area contributed by atoms with Crippen molar-refractivity contribution in [3.05, 3.63) is 23.8 Å². The van der Waals surface area contributed by atoms with Crippen LogP contribution in [0.25, 0.3) is 0 Å². The van der Waals surface area contributed by atoms with E-state index in [0.29, 0.717) is 5.56 Å². The molecule has 6 heteroatoms. The standard InChI is InChI=1S/C10H11NO5/c1-15-11-5-7-2-3-8(12)4-9(7)16-6-10(13)14/h2-5,12H,6H2,1H3,(H,13,14)/b11-5+. The third-order valence-corrected chi connectivity index (χ3v) is 1.65. The number of carboxylic acid groups (broad SMARTS) is 1. The lowest BCUT2D eigenvalue weighted by molar-refractivity contribution is -0.139. The number of benzene rings is 1. The van der Waals surface area contributed by atoms with Gasteiger partial charge >= 0.3 is 5.97 Å². The Bertz CT molecular complexity index is 402. The van der Waals surface area contributed by atoms with Gasteiger partial charge in [0.05, 0.1) is 6.21 Å². The van der Waals surface area contributed by atoms with E-state index in [1.165, 1.54) is 31.5 Å². The van der Waals surface area contributed by atoms with E-state index < -0.39 is 12.6 Å². The molecule has 0 amide bonds. The maximum atomic E-state index is 10.3. The largest absolute Gasteiger partial charge is 0.508 e. The van der Waals surface area contributed by atoms with Gasteiger partial charge < -0.3 is 19.8 Å². The molecule has 1 aromatic rings. The minimum atomic E-state index is -1.10. The fraction of sp³-hybridized carbons (Fsp3) is 0.200. The first-order valence-corrected chi connectivity index (χ1v) is 4.37. The Labute approximate surface area is 91.7 Å². The lowest BCUT2D eigenvalue weighted by atomic mass is 10.2.